The van der Waals surface area contributed by atoms with E-state index in [2.05, 4.69) is 26.6 Å². The molecule has 0 heterocycles. The van der Waals surface area contributed by atoms with Crippen molar-refractivity contribution in [1.29, 1.82) is 0 Å². The van der Waals surface area contributed by atoms with E-state index < -0.39 is 90.6 Å². The molecule has 0 aromatic rings. The van der Waals surface area contributed by atoms with E-state index in [9.17, 15) is 43.8 Å². The number of carboxylic acids is 2. The van der Waals surface area contributed by atoms with E-state index in [0.29, 0.717) is 38.0 Å². The van der Waals surface area contributed by atoms with Gasteiger partial charge in [-0.15, -0.1) is 0 Å². The van der Waals surface area contributed by atoms with E-state index >= 15 is 0 Å². The molecule has 0 aliphatic rings. The van der Waals surface area contributed by atoms with Crippen molar-refractivity contribution < 1.29 is 43.8 Å². The van der Waals surface area contributed by atoms with Crippen LogP contribution in [0.3, 0.4) is 0 Å². The molecule has 264 valence electrons. The van der Waals surface area contributed by atoms with Crippen molar-refractivity contribution in [3.05, 3.63) is 0 Å². The Morgan fingerprint density at radius 2 is 1.39 bits per heavy atom. The molecule has 5 amide bonds. The van der Waals surface area contributed by atoms with Gasteiger partial charge in [-0.3, -0.25) is 28.8 Å². The molecule has 0 aliphatic carbocycles. The van der Waals surface area contributed by atoms with Crippen LogP contribution < -0.4 is 38.1 Å². The SMILES string of the molecule is CC[C@H](C)[C@H](NC(=O)[C@H](CC(=O)O)NC(=O)[C@H](CC(C)C)NC(=O)CNC(=O)[C@H](CCCCN)NC(=O)[C@@H](N)CCSC)C(=O)O. The summed E-state index contributed by atoms with van der Waals surface area (Å²) in [4.78, 5) is 87.5. The predicted octanol–water partition coefficient (Wildman–Crippen LogP) is -1.10. The maximum absolute atomic E-state index is 13.2. The Kier molecular flexibility index (Phi) is 21.3. The van der Waals surface area contributed by atoms with Gasteiger partial charge in [0.25, 0.3) is 0 Å². The molecule has 11 N–H and O–H groups in total. The molecule has 0 saturated heterocycles. The highest BCUT2D eigenvalue weighted by Gasteiger charge is 2.33. The lowest BCUT2D eigenvalue weighted by Crippen LogP contribution is -2.58. The lowest BCUT2D eigenvalue weighted by molar-refractivity contribution is -0.144. The van der Waals surface area contributed by atoms with Crippen molar-refractivity contribution in [2.75, 3.05) is 25.1 Å². The summed E-state index contributed by atoms with van der Waals surface area (Å²) in [5, 5.41) is 31.0. The summed E-state index contributed by atoms with van der Waals surface area (Å²) < 4.78 is 0. The smallest absolute Gasteiger partial charge is 0.326 e. The minimum absolute atomic E-state index is 0.100. The topological polar surface area (TPSA) is 272 Å². The van der Waals surface area contributed by atoms with Gasteiger partial charge < -0.3 is 48.3 Å². The summed E-state index contributed by atoms with van der Waals surface area (Å²) in [6.45, 7) is 6.73. The normalized spacial score (nSPS) is 15.0. The van der Waals surface area contributed by atoms with Gasteiger partial charge in [-0.25, -0.2) is 4.79 Å². The Morgan fingerprint density at radius 3 is 1.91 bits per heavy atom. The van der Waals surface area contributed by atoms with Gasteiger partial charge in [-0.1, -0.05) is 34.1 Å². The number of unbranched alkanes of at least 4 members (excludes halogenated alkanes) is 1. The molecule has 0 radical (unpaired) electrons. The second kappa shape index (κ2) is 23.0. The van der Waals surface area contributed by atoms with Crippen molar-refractivity contribution in [3.63, 3.8) is 0 Å². The summed E-state index contributed by atoms with van der Waals surface area (Å²) in [5.41, 5.74) is 11.5. The number of carboxylic acid groups (broad SMARTS) is 2. The predicted molar refractivity (Wildman–Crippen MR) is 173 cm³/mol. The third-order valence-corrected chi connectivity index (χ3v) is 7.76. The number of aliphatic carboxylic acids is 2. The van der Waals surface area contributed by atoms with Crippen LogP contribution in [0.5, 0.6) is 0 Å². The second-order valence-electron chi connectivity index (χ2n) is 11.6. The highest BCUT2D eigenvalue weighted by molar-refractivity contribution is 7.98. The fourth-order valence-corrected chi connectivity index (χ4v) is 4.74. The lowest BCUT2D eigenvalue weighted by atomic mass is 9.98. The van der Waals surface area contributed by atoms with Gasteiger partial charge in [0.2, 0.25) is 29.5 Å². The van der Waals surface area contributed by atoms with Crippen LogP contribution in [-0.4, -0.2) is 107 Å². The average molecular weight is 676 g/mol. The van der Waals surface area contributed by atoms with Crippen molar-refractivity contribution in [1.82, 2.24) is 26.6 Å². The molecule has 0 aromatic carbocycles. The standard InChI is InChI=1S/C29H53N7O9S/c1-6-17(4)24(29(44)45)36-28(43)21(14-23(38)39)35-27(42)20(13-16(2)3)33-22(37)15-32-26(41)19(9-7-8-11-30)34-25(40)18(31)10-12-46-5/h16-21,24H,6-15,30-31H2,1-5H3,(H,32,41)(H,33,37)(H,34,40)(H,35,42)(H,36,43)(H,38,39)(H,44,45)/t17-,18-,19-,20-,21-,24-/m0/s1. The molecule has 0 bridgehead atoms. The third-order valence-electron chi connectivity index (χ3n) is 7.12. The third kappa shape index (κ3) is 17.3. The minimum Gasteiger partial charge on any atom is -0.481 e. The van der Waals surface area contributed by atoms with Crippen molar-refractivity contribution in [3.8, 4) is 0 Å². The van der Waals surface area contributed by atoms with Crippen LogP contribution in [0, 0.1) is 11.8 Å². The lowest BCUT2D eigenvalue weighted by Gasteiger charge is -2.26. The molecule has 0 unspecified atom stereocenters. The van der Waals surface area contributed by atoms with Gasteiger partial charge in [-0.05, 0) is 62.5 Å². The Bertz CT molecular complexity index is 1030. The first-order chi connectivity index (χ1) is 21.6. The average Bonchev–Trinajstić information content (AvgIpc) is 2.98. The monoisotopic (exact) mass is 675 g/mol. The maximum Gasteiger partial charge on any atom is 0.326 e. The van der Waals surface area contributed by atoms with Crippen LogP contribution >= 0.6 is 11.8 Å². The highest BCUT2D eigenvalue weighted by atomic mass is 32.2. The second-order valence-corrected chi connectivity index (χ2v) is 12.6. The summed E-state index contributed by atoms with van der Waals surface area (Å²) in [6, 6.07) is -5.93. The van der Waals surface area contributed by atoms with E-state index in [1.165, 1.54) is 11.8 Å². The van der Waals surface area contributed by atoms with E-state index in [-0.39, 0.29) is 18.8 Å². The van der Waals surface area contributed by atoms with Gasteiger partial charge in [0.15, 0.2) is 0 Å². The molecule has 0 aromatic heterocycles. The molecular formula is C29H53N7O9S. The fourth-order valence-electron chi connectivity index (χ4n) is 4.25. The van der Waals surface area contributed by atoms with Gasteiger partial charge in [0.1, 0.15) is 24.2 Å². The molecule has 17 heteroatoms. The van der Waals surface area contributed by atoms with Gasteiger partial charge in [-0.2, -0.15) is 11.8 Å². The quantitative estimate of drug-likeness (QED) is 0.0552. The largest absolute Gasteiger partial charge is 0.481 e. The zero-order valence-corrected chi connectivity index (χ0v) is 28.2. The van der Waals surface area contributed by atoms with E-state index in [1.54, 1.807) is 27.7 Å². The minimum atomic E-state index is -1.62. The number of nitrogens with two attached hydrogens (primary N) is 2. The number of hydrogen-bond acceptors (Lipinski definition) is 10. The summed E-state index contributed by atoms with van der Waals surface area (Å²) in [7, 11) is 0. The Balaban J connectivity index is 5.60. The number of carbonyl (C=O) groups is 7. The molecule has 0 fully saturated rings. The van der Waals surface area contributed by atoms with Crippen molar-refractivity contribution in [2.24, 2.45) is 23.3 Å². The first-order valence-electron chi connectivity index (χ1n) is 15.4. The van der Waals surface area contributed by atoms with Gasteiger partial charge >= 0.3 is 11.9 Å². The maximum atomic E-state index is 13.2. The van der Waals surface area contributed by atoms with Crippen molar-refractivity contribution >= 4 is 53.2 Å². The van der Waals surface area contributed by atoms with Crippen LogP contribution in [0.15, 0.2) is 0 Å². The molecule has 16 nitrogen and oxygen atoms in total. The molecule has 0 spiro atoms. The van der Waals surface area contributed by atoms with Crippen LogP contribution in [-0.2, 0) is 33.6 Å². The van der Waals surface area contributed by atoms with Gasteiger partial charge in [0.05, 0.1) is 19.0 Å². The number of rotatable bonds is 24. The van der Waals surface area contributed by atoms with Crippen LogP contribution in [0.2, 0.25) is 0 Å². The number of thioether (sulfide) groups is 1. The first kappa shape index (κ1) is 42.6. The Labute approximate surface area is 274 Å². The summed E-state index contributed by atoms with van der Waals surface area (Å²) in [6.07, 6.45) is 3.39. The van der Waals surface area contributed by atoms with Gasteiger partial charge in [0, 0.05) is 0 Å². The summed E-state index contributed by atoms with van der Waals surface area (Å²) in [5.74, 6) is -6.41. The number of hydrogen-bond donors (Lipinski definition) is 9. The number of amides is 5. The molecule has 6 atom stereocenters. The zero-order chi connectivity index (χ0) is 35.4. The van der Waals surface area contributed by atoms with Crippen LogP contribution in [0.25, 0.3) is 0 Å². The van der Waals surface area contributed by atoms with Crippen molar-refractivity contribution in [2.45, 2.75) is 103 Å². The molecule has 0 rings (SSSR count). The zero-order valence-electron chi connectivity index (χ0n) is 27.4. The molecular weight excluding hydrogens is 622 g/mol. The Hall–Kier alpha value is -3.44. The molecule has 0 saturated carbocycles. The molecule has 46 heavy (non-hydrogen) atoms. The first-order valence-corrected chi connectivity index (χ1v) is 16.8. The highest BCUT2D eigenvalue weighted by Crippen LogP contribution is 2.10. The molecule has 0 aliphatic heterocycles. The van der Waals surface area contributed by atoms with Crippen LogP contribution in [0.4, 0.5) is 0 Å². The summed E-state index contributed by atoms with van der Waals surface area (Å²) >= 11 is 1.53. The Morgan fingerprint density at radius 1 is 0.783 bits per heavy atom. The van der Waals surface area contributed by atoms with Crippen LogP contribution in [0.1, 0.15) is 72.6 Å². The van der Waals surface area contributed by atoms with E-state index in [1.807, 2.05) is 6.26 Å². The van der Waals surface area contributed by atoms with E-state index in [0.717, 1.165) is 0 Å². The van der Waals surface area contributed by atoms with E-state index in [4.69, 9.17) is 11.5 Å². The number of nitrogens with one attached hydrogen (secondary N) is 5. The fraction of sp³-hybridized carbons (Fsp3) is 0.759. The number of carbonyl (C=O) groups excluding carboxylic acids is 5.